The van der Waals surface area contributed by atoms with E-state index in [9.17, 15) is 9.59 Å². The highest BCUT2D eigenvalue weighted by Gasteiger charge is 2.14. The summed E-state index contributed by atoms with van der Waals surface area (Å²) >= 11 is 1.04. The molecule has 21 heavy (non-hydrogen) atoms. The standard InChI is InChI=1S/C14H11N3O3S/c1-7-4-11(21-12(7)14(19)20)17-13(18)8-2-3-9-10(5-8)16-6-15-9/h2-6H,1H3,(H,15,16)(H,17,18)(H,19,20). The Morgan fingerprint density at radius 1 is 1.33 bits per heavy atom. The summed E-state index contributed by atoms with van der Waals surface area (Å²) in [5.74, 6) is -1.28. The number of rotatable bonds is 3. The molecule has 3 N–H and O–H groups in total. The van der Waals surface area contributed by atoms with E-state index >= 15 is 0 Å². The maximum absolute atomic E-state index is 12.2. The molecule has 7 heteroatoms. The van der Waals surface area contributed by atoms with E-state index in [0.717, 1.165) is 22.4 Å². The summed E-state index contributed by atoms with van der Waals surface area (Å²) < 4.78 is 0. The zero-order valence-electron chi connectivity index (χ0n) is 11.0. The fraction of sp³-hybridized carbons (Fsp3) is 0.0714. The maximum Gasteiger partial charge on any atom is 0.346 e. The second-order valence-electron chi connectivity index (χ2n) is 4.52. The Kier molecular flexibility index (Phi) is 3.19. The molecule has 6 nitrogen and oxygen atoms in total. The average molecular weight is 301 g/mol. The van der Waals surface area contributed by atoms with Crippen LogP contribution >= 0.6 is 11.3 Å². The number of nitrogens with one attached hydrogen (secondary N) is 2. The molecule has 0 atom stereocenters. The van der Waals surface area contributed by atoms with E-state index in [-0.39, 0.29) is 10.8 Å². The monoisotopic (exact) mass is 301 g/mol. The fourth-order valence-corrected chi connectivity index (χ4v) is 2.92. The minimum Gasteiger partial charge on any atom is -0.477 e. The third-order valence-electron chi connectivity index (χ3n) is 3.03. The normalized spacial score (nSPS) is 10.7. The van der Waals surface area contributed by atoms with Crippen molar-refractivity contribution in [2.75, 3.05) is 5.32 Å². The molecule has 0 radical (unpaired) electrons. The van der Waals surface area contributed by atoms with E-state index in [2.05, 4.69) is 15.3 Å². The van der Waals surface area contributed by atoms with E-state index in [1.54, 1.807) is 37.5 Å². The van der Waals surface area contributed by atoms with Crippen LogP contribution in [0.3, 0.4) is 0 Å². The van der Waals surface area contributed by atoms with Crippen LogP contribution in [0.1, 0.15) is 25.6 Å². The SMILES string of the molecule is Cc1cc(NC(=O)c2ccc3nc[nH]c3c2)sc1C(=O)O. The summed E-state index contributed by atoms with van der Waals surface area (Å²) in [5.41, 5.74) is 2.67. The van der Waals surface area contributed by atoms with Gasteiger partial charge in [-0.05, 0) is 36.8 Å². The molecule has 0 spiro atoms. The van der Waals surface area contributed by atoms with Crippen LogP contribution in [0.4, 0.5) is 5.00 Å². The minimum atomic E-state index is -0.989. The van der Waals surface area contributed by atoms with E-state index < -0.39 is 5.97 Å². The van der Waals surface area contributed by atoms with Gasteiger partial charge in [0.15, 0.2) is 0 Å². The number of hydrogen-bond acceptors (Lipinski definition) is 4. The van der Waals surface area contributed by atoms with Crippen LogP contribution in [0.15, 0.2) is 30.6 Å². The number of aromatic amines is 1. The van der Waals surface area contributed by atoms with Gasteiger partial charge in [0.2, 0.25) is 0 Å². The number of hydrogen-bond donors (Lipinski definition) is 3. The molecule has 0 saturated carbocycles. The van der Waals surface area contributed by atoms with Crippen LogP contribution < -0.4 is 5.32 Å². The maximum atomic E-state index is 12.2. The van der Waals surface area contributed by atoms with Crippen LogP contribution in [0.2, 0.25) is 0 Å². The number of aromatic nitrogens is 2. The Labute approximate surface area is 123 Å². The van der Waals surface area contributed by atoms with Crippen molar-refractivity contribution in [1.82, 2.24) is 9.97 Å². The third kappa shape index (κ3) is 2.50. The van der Waals surface area contributed by atoms with E-state index in [0.29, 0.717) is 16.1 Å². The summed E-state index contributed by atoms with van der Waals surface area (Å²) in [4.78, 5) is 30.4. The number of carboxylic acid groups (broad SMARTS) is 1. The summed E-state index contributed by atoms with van der Waals surface area (Å²) in [5, 5.41) is 12.2. The number of nitrogens with zero attached hydrogens (tertiary/aromatic N) is 1. The molecule has 0 fully saturated rings. The van der Waals surface area contributed by atoms with Crippen molar-refractivity contribution in [1.29, 1.82) is 0 Å². The lowest BCUT2D eigenvalue weighted by Crippen LogP contribution is -2.10. The first-order valence-corrected chi connectivity index (χ1v) is 6.94. The van der Waals surface area contributed by atoms with Crippen LogP contribution in [-0.2, 0) is 0 Å². The first-order valence-electron chi connectivity index (χ1n) is 6.13. The van der Waals surface area contributed by atoms with Gasteiger partial charge in [-0.3, -0.25) is 4.79 Å². The van der Waals surface area contributed by atoms with E-state index in [4.69, 9.17) is 5.11 Å². The van der Waals surface area contributed by atoms with Gasteiger partial charge in [0.05, 0.1) is 22.4 Å². The molecule has 2 heterocycles. The topological polar surface area (TPSA) is 95.1 Å². The Balaban J connectivity index is 1.85. The fourth-order valence-electron chi connectivity index (χ4n) is 2.02. The summed E-state index contributed by atoms with van der Waals surface area (Å²) in [6, 6.07) is 6.79. The third-order valence-corrected chi connectivity index (χ3v) is 4.17. The van der Waals surface area contributed by atoms with Crippen molar-refractivity contribution in [2.45, 2.75) is 6.92 Å². The second kappa shape index (κ2) is 5.02. The van der Waals surface area contributed by atoms with Gasteiger partial charge < -0.3 is 15.4 Å². The number of aryl methyl sites for hydroxylation is 1. The van der Waals surface area contributed by atoms with Crippen molar-refractivity contribution in [3.8, 4) is 0 Å². The molecular formula is C14H11N3O3S. The van der Waals surface area contributed by atoms with Gasteiger partial charge in [0.25, 0.3) is 5.91 Å². The molecule has 0 unspecified atom stereocenters. The van der Waals surface area contributed by atoms with Crippen molar-refractivity contribution in [3.05, 3.63) is 46.6 Å². The number of carboxylic acids is 1. The Morgan fingerprint density at radius 3 is 2.86 bits per heavy atom. The molecule has 0 aliphatic rings. The largest absolute Gasteiger partial charge is 0.477 e. The second-order valence-corrected chi connectivity index (χ2v) is 5.57. The first kappa shape index (κ1) is 13.3. The van der Waals surface area contributed by atoms with Crippen molar-refractivity contribution >= 4 is 39.2 Å². The quantitative estimate of drug-likeness (QED) is 0.693. The average Bonchev–Trinajstić information content (AvgIpc) is 3.04. The van der Waals surface area contributed by atoms with Crippen molar-refractivity contribution in [3.63, 3.8) is 0 Å². The van der Waals surface area contributed by atoms with E-state index in [1.165, 1.54) is 0 Å². The molecule has 3 aromatic rings. The zero-order chi connectivity index (χ0) is 15.0. The molecule has 3 rings (SSSR count). The number of H-pyrrole nitrogens is 1. The zero-order valence-corrected chi connectivity index (χ0v) is 11.8. The lowest BCUT2D eigenvalue weighted by atomic mass is 10.2. The summed E-state index contributed by atoms with van der Waals surface area (Å²) in [6.45, 7) is 1.70. The molecule has 0 saturated heterocycles. The number of imidazole rings is 1. The summed E-state index contributed by atoms with van der Waals surface area (Å²) in [7, 11) is 0. The summed E-state index contributed by atoms with van der Waals surface area (Å²) in [6.07, 6.45) is 1.56. The lowest BCUT2D eigenvalue weighted by Gasteiger charge is -2.02. The lowest BCUT2D eigenvalue weighted by molar-refractivity contribution is 0.0701. The molecule has 106 valence electrons. The Bertz CT molecular complexity index is 850. The van der Waals surface area contributed by atoms with Crippen LogP contribution in [0, 0.1) is 6.92 Å². The van der Waals surface area contributed by atoms with Gasteiger partial charge in [-0.1, -0.05) is 0 Å². The number of thiophene rings is 1. The number of carbonyl (C=O) groups is 2. The van der Waals surface area contributed by atoms with Crippen LogP contribution in [0.25, 0.3) is 11.0 Å². The molecule has 1 aromatic carbocycles. The van der Waals surface area contributed by atoms with Crippen LogP contribution in [-0.4, -0.2) is 27.0 Å². The number of anilines is 1. The smallest absolute Gasteiger partial charge is 0.346 e. The molecular weight excluding hydrogens is 290 g/mol. The molecule has 0 aliphatic heterocycles. The molecule has 1 amide bonds. The molecule has 2 aromatic heterocycles. The van der Waals surface area contributed by atoms with Crippen molar-refractivity contribution in [2.24, 2.45) is 0 Å². The number of fused-ring (bicyclic) bond motifs is 1. The first-order chi connectivity index (χ1) is 10.0. The van der Waals surface area contributed by atoms with Gasteiger partial charge in [-0.25, -0.2) is 9.78 Å². The van der Waals surface area contributed by atoms with Gasteiger partial charge in [0, 0.05) is 5.56 Å². The highest BCUT2D eigenvalue weighted by Crippen LogP contribution is 2.27. The number of amides is 1. The van der Waals surface area contributed by atoms with Gasteiger partial charge in [-0.15, -0.1) is 11.3 Å². The number of carbonyl (C=O) groups excluding carboxylic acids is 1. The highest BCUT2D eigenvalue weighted by atomic mass is 32.1. The Hall–Kier alpha value is -2.67. The Morgan fingerprint density at radius 2 is 2.14 bits per heavy atom. The minimum absolute atomic E-state index is 0.231. The predicted octanol–water partition coefficient (Wildman–Crippen LogP) is 2.88. The van der Waals surface area contributed by atoms with Crippen molar-refractivity contribution < 1.29 is 14.7 Å². The van der Waals surface area contributed by atoms with Gasteiger partial charge in [0.1, 0.15) is 4.88 Å². The van der Waals surface area contributed by atoms with Crippen LogP contribution in [0.5, 0.6) is 0 Å². The van der Waals surface area contributed by atoms with Gasteiger partial charge in [-0.2, -0.15) is 0 Å². The molecule has 0 aliphatic carbocycles. The number of benzene rings is 1. The molecule has 0 bridgehead atoms. The highest BCUT2D eigenvalue weighted by molar-refractivity contribution is 7.18. The van der Waals surface area contributed by atoms with E-state index in [1.807, 2.05) is 0 Å². The van der Waals surface area contributed by atoms with Gasteiger partial charge >= 0.3 is 5.97 Å². The predicted molar refractivity (Wildman–Crippen MR) is 80.1 cm³/mol. The number of aromatic carboxylic acids is 1.